The molecular weight excluding hydrogens is 196 g/mol. The Kier molecular flexibility index (Phi) is 4.00. The van der Waals surface area contributed by atoms with E-state index in [0.717, 1.165) is 25.2 Å². The molecule has 16 heavy (non-hydrogen) atoms. The molecule has 0 aliphatic heterocycles. The lowest BCUT2D eigenvalue weighted by Crippen LogP contribution is -2.08. The molecule has 1 heteroatoms. The predicted octanol–water partition coefficient (Wildman–Crippen LogP) is 3.48. The minimum Gasteiger partial charge on any atom is -0.393 e. The highest BCUT2D eigenvalue weighted by atomic mass is 16.3. The molecule has 88 valence electrons. The van der Waals surface area contributed by atoms with Gasteiger partial charge in [0.2, 0.25) is 0 Å². The van der Waals surface area contributed by atoms with Crippen LogP contribution in [0, 0.1) is 12.8 Å². The molecule has 1 saturated carbocycles. The molecule has 0 aromatic heterocycles. The Balaban J connectivity index is 1.69. The first-order valence-electron chi connectivity index (χ1n) is 6.47. The molecule has 0 saturated heterocycles. The van der Waals surface area contributed by atoms with E-state index in [4.69, 9.17) is 0 Å². The summed E-state index contributed by atoms with van der Waals surface area (Å²) in [7, 11) is 0. The van der Waals surface area contributed by atoms with Gasteiger partial charge in [-0.2, -0.15) is 0 Å². The molecular formula is C15H22O. The molecule has 2 rings (SSSR count). The number of hydrogen-bond acceptors (Lipinski definition) is 1. The van der Waals surface area contributed by atoms with Gasteiger partial charge in [0, 0.05) is 0 Å². The normalized spacial score (nSPS) is 17.4. The molecule has 0 amide bonds. The molecule has 1 aromatic rings. The highest BCUT2D eigenvalue weighted by Gasteiger charge is 2.21. The summed E-state index contributed by atoms with van der Waals surface area (Å²) >= 11 is 0. The Bertz CT molecular complexity index is 328. The highest BCUT2D eigenvalue weighted by molar-refractivity contribution is 5.22. The van der Waals surface area contributed by atoms with Gasteiger partial charge in [-0.05, 0) is 44.1 Å². The number of aliphatic hydroxyl groups is 1. The number of aryl methyl sites for hydroxylation is 2. The van der Waals surface area contributed by atoms with Gasteiger partial charge in [0.15, 0.2) is 0 Å². The van der Waals surface area contributed by atoms with Gasteiger partial charge in [-0.25, -0.2) is 0 Å². The Morgan fingerprint density at radius 3 is 2.81 bits per heavy atom. The van der Waals surface area contributed by atoms with Crippen LogP contribution in [-0.2, 0) is 6.42 Å². The predicted molar refractivity (Wildman–Crippen MR) is 67.5 cm³/mol. The second-order valence-electron chi connectivity index (χ2n) is 5.20. The fourth-order valence-corrected chi connectivity index (χ4v) is 2.18. The molecule has 1 aliphatic carbocycles. The largest absolute Gasteiger partial charge is 0.393 e. The SMILES string of the molecule is Cc1cccc(CCC(O)CCC2CC2)c1. The van der Waals surface area contributed by atoms with Gasteiger partial charge in [-0.15, -0.1) is 0 Å². The van der Waals surface area contributed by atoms with Crippen LogP contribution >= 0.6 is 0 Å². The van der Waals surface area contributed by atoms with E-state index in [1.165, 1.54) is 30.4 Å². The van der Waals surface area contributed by atoms with Crippen molar-refractivity contribution in [3.05, 3.63) is 35.4 Å². The van der Waals surface area contributed by atoms with Crippen LogP contribution < -0.4 is 0 Å². The monoisotopic (exact) mass is 218 g/mol. The highest BCUT2D eigenvalue weighted by Crippen LogP contribution is 2.34. The molecule has 1 aliphatic rings. The van der Waals surface area contributed by atoms with Gasteiger partial charge in [0.05, 0.1) is 6.10 Å². The summed E-state index contributed by atoms with van der Waals surface area (Å²) in [4.78, 5) is 0. The average Bonchev–Trinajstić information content (AvgIpc) is 3.07. The molecule has 0 radical (unpaired) electrons. The second kappa shape index (κ2) is 5.49. The minimum atomic E-state index is -0.0962. The fraction of sp³-hybridized carbons (Fsp3) is 0.600. The average molecular weight is 218 g/mol. The quantitative estimate of drug-likeness (QED) is 0.775. The van der Waals surface area contributed by atoms with Crippen LogP contribution in [0.3, 0.4) is 0 Å². The zero-order chi connectivity index (χ0) is 11.4. The Hall–Kier alpha value is -0.820. The summed E-state index contributed by atoms with van der Waals surface area (Å²) in [5, 5.41) is 9.86. The first kappa shape index (κ1) is 11.7. The standard InChI is InChI=1S/C15H22O/c1-12-3-2-4-14(11-12)8-10-15(16)9-7-13-5-6-13/h2-4,11,13,15-16H,5-10H2,1H3. The van der Waals surface area contributed by atoms with Gasteiger partial charge in [-0.3, -0.25) is 0 Å². The van der Waals surface area contributed by atoms with Crippen LogP contribution in [0.4, 0.5) is 0 Å². The van der Waals surface area contributed by atoms with E-state index in [9.17, 15) is 5.11 Å². The van der Waals surface area contributed by atoms with E-state index < -0.39 is 0 Å². The number of benzene rings is 1. The van der Waals surface area contributed by atoms with Gasteiger partial charge in [0.25, 0.3) is 0 Å². The van der Waals surface area contributed by atoms with E-state index in [-0.39, 0.29) is 6.10 Å². The number of rotatable bonds is 6. The molecule has 1 nitrogen and oxygen atoms in total. The zero-order valence-electron chi connectivity index (χ0n) is 10.2. The van der Waals surface area contributed by atoms with Crippen molar-refractivity contribution in [3.8, 4) is 0 Å². The summed E-state index contributed by atoms with van der Waals surface area (Å²) in [6.07, 6.45) is 6.84. The summed E-state index contributed by atoms with van der Waals surface area (Å²) < 4.78 is 0. The molecule has 1 aromatic carbocycles. The van der Waals surface area contributed by atoms with E-state index in [1.807, 2.05) is 0 Å². The van der Waals surface area contributed by atoms with Crippen molar-refractivity contribution >= 4 is 0 Å². The van der Waals surface area contributed by atoms with Crippen LogP contribution in [0.1, 0.15) is 43.2 Å². The summed E-state index contributed by atoms with van der Waals surface area (Å²) in [6.45, 7) is 2.12. The third-order valence-electron chi connectivity index (χ3n) is 3.45. The molecule has 1 fully saturated rings. The summed E-state index contributed by atoms with van der Waals surface area (Å²) in [6, 6.07) is 8.59. The maximum Gasteiger partial charge on any atom is 0.0543 e. The molecule has 1 unspecified atom stereocenters. The Morgan fingerprint density at radius 1 is 1.31 bits per heavy atom. The lowest BCUT2D eigenvalue weighted by atomic mass is 10.0. The lowest BCUT2D eigenvalue weighted by Gasteiger charge is -2.10. The zero-order valence-corrected chi connectivity index (χ0v) is 10.2. The third kappa shape index (κ3) is 3.97. The lowest BCUT2D eigenvalue weighted by molar-refractivity contribution is 0.150. The molecule has 1 N–H and O–H groups in total. The third-order valence-corrected chi connectivity index (χ3v) is 3.45. The van der Waals surface area contributed by atoms with Crippen LogP contribution in [0.5, 0.6) is 0 Å². The summed E-state index contributed by atoms with van der Waals surface area (Å²) in [5.41, 5.74) is 2.66. The van der Waals surface area contributed by atoms with Crippen LogP contribution in [0.2, 0.25) is 0 Å². The number of hydrogen-bond donors (Lipinski definition) is 1. The van der Waals surface area contributed by atoms with E-state index in [0.29, 0.717) is 0 Å². The van der Waals surface area contributed by atoms with Crippen LogP contribution in [0.25, 0.3) is 0 Å². The summed E-state index contributed by atoms with van der Waals surface area (Å²) in [5.74, 6) is 0.939. The minimum absolute atomic E-state index is 0.0962. The van der Waals surface area contributed by atoms with Gasteiger partial charge >= 0.3 is 0 Å². The van der Waals surface area contributed by atoms with Crippen molar-refractivity contribution < 1.29 is 5.11 Å². The van der Waals surface area contributed by atoms with Crippen molar-refractivity contribution in [3.63, 3.8) is 0 Å². The van der Waals surface area contributed by atoms with Gasteiger partial charge in [-0.1, -0.05) is 42.7 Å². The first-order chi connectivity index (χ1) is 7.74. The van der Waals surface area contributed by atoms with Crippen molar-refractivity contribution in [2.45, 2.75) is 51.6 Å². The molecule has 0 bridgehead atoms. The maximum atomic E-state index is 9.86. The Labute approximate surface area is 98.5 Å². The van der Waals surface area contributed by atoms with Crippen molar-refractivity contribution in [2.75, 3.05) is 0 Å². The molecule has 0 spiro atoms. The van der Waals surface area contributed by atoms with Gasteiger partial charge < -0.3 is 5.11 Å². The van der Waals surface area contributed by atoms with Gasteiger partial charge in [0.1, 0.15) is 0 Å². The smallest absolute Gasteiger partial charge is 0.0543 e. The van der Waals surface area contributed by atoms with E-state index in [1.54, 1.807) is 0 Å². The van der Waals surface area contributed by atoms with Crippen LogP contribution in [0.15, 0.2) is 24.3 Å². The Morgan fingerprint density at radius 2 is 2.12 bits per heavy atom. The number of aliphatic hydroxyl groups excluding tert-OH is 1. The van der Waals surface area contributed by atoms with Crippen LogP contribution in [-0.4, -0.2) is 11.2 Å². The second-order valence-corrected chi connectivity index (χ2v) is 5.20. The maximum absolute atomic E-state index is 9.86. The molecule has 1 atom stereocenters. The first-order valence-corrected chi connectivity index (χ1v) is 6.47. The van der Waals surface area contributed by atoms with Crippen molar-refractivity contribution in [1.29, 1.82) is 0 Å². The molecule has 0 heterocycles. The van der Waals surface area contributed by atoms with E-state index in [2.05, 4.69) is 31.2 Å². The van der Waals surface area contributed by atoms with E-state index >= 15 is 0 Å². The van der Waals surface area contributed by atoms with Crippen molar-refractivity contribution in [1.82, 2.24) is 0 Å². The topological polar surface area (TPSA) is 20.2 Å². The van der Waals surface area contributed by atoms with Crippen molar-refractivity contribution in [2.24, 2.45) is 5.92 Å². The fourth-order valence-electron chi connectivity index (χ4n) is 2.18.